The van der Waals surface area contributed by atoms with E-state index in [1.54, 1.807) is 7.11 Å². The zero-order valence-corrected chi connectivity index (χ0v) is 11.5. The third kappa shape index (κ3) is 6.33. The lowest BCUT2D eigenvalue weighted by molar-refractivity contribution is -0.122. The zero-order chi connectivity index (χ0) is 13.4. The van der Waals surface area contributed by atoms with Crippen molar-refractivity contribution in [3.8, 4) is 0 Å². The third-order valence-electron chi connectivity index (χ3n) is 3.40. The van der Waals surface area contributed by atoms with Gasteiger partial charge < -0.3 is 15.2 Å². The number of hydrogen-bond donors (Lipinski definition) is 2. The number of ether oxygens (including phenoxy) is 1. The van der Waals surface area contributed by atoms with Crippen LogP contribution in [0.15, 0.2) is 0 Å². The molecule has 18 heavy (non-hydrogen) atoms. The van der Waals surface area contributed by atoms with Gasteiger partial charge in [0.25, 0.3) is 0 Å². The Morgan fingerprint density at radius 2 is 2.17 bits per heavy atom. The molecule has 0 aromatic rings. The zero-order valence-electron chi connectivity index (χ0n) is 11.5. The standard InChI is InChI=1S/C13H26N2O3/c1-11-4-7-15(8-5-11)9-13(17)14-6-3-12(16)10-18-2/h11-12,16H,3-10H2,1-2H3,(H,14,17). The molecule has 1 heterocycles. The average Bonchev–Trinajstić information content (AvgIpc) is 2.32. The number of carbonyl (C=O) groups is 1. The minimum atomic E-state index is -0.494. The first-order chi connectivity index (χ1) is 8.61. The number of methoxy groups -OCH3 is 1. The highest BCUT2D eigenvalue weighted by Gasteiger charge is 2.17. The summed E-state index contributed by atoms with van der Waals surface area (Å²) in [7, 11) is 1.55. The fourth-order valence-electron chi connectivity index (χ4n) is 2.13. The van der Waals surface area contributed by atoms with Gasteiger partial charge in [-0.15, -0.1) is 0 Å². The molecular formula is C13H26N2O3. The molecule has 1 unspecified atom stereocenters. The molecule has 1 fully saturated rings. The quantitative estimate of drug-likeness (QED) is 0.686. The SMILES string of the molecule is COCC(O)CCNC(=O)CN1CCC(C)CC1. The van der Waals surface area contributed by atoms with Crippen LogP contribution in [0.4, 0.5) is 0 Å². The van der Waals surface area contributed by atoms with Crippen molar-refractivity contribution in [1.82, 2.24) is 10.2 Å². The summed E-state index contributed by atoms with van der Waals surface area (Å²) < 4.78 is 4.82. The van der Waals surface area contributed by atoms with Crippen molar-refractivity contribution in [2.45, 2.75) is 32.3 Å². The number of likely N-dealkylation sites (tertiary alicyclic amines) is 1. The lowest BCUT2D eigenvalue weighted by Crippen LogP contribution is -2.41. The summed E-state index contributed by atoms with van der Waals surface area (Å²) in [6, 6.07) is 0. The van der Waals surface area contributed by atoms with Crippen LogP contribution in [0, 0.1) is 5.92 Å². The van der Waals surface area contributed by atoms with Crippen molar-refractivity contribution in [3.63, 3.8) is 0 Å². The molecule has 0 aromatic heterocycles. The number of nitrogens with zero attached hydrogens (tertiary/aromatic N) is 1. The average molecular weight is 258 g/mol. The van der Waals surface area contributed by atoms with Crippen LogP contribution in [-0.4, -0.2) is 61.9 Å². The molecular weight excluding hydrogens is 232 g/mol. The van der Waals surface area contributed by atoms with Crippen molar-refractivity contribution in [3.05, 3.63) is 0 Å². The highest BCUT2D eigenvalue weighted by molar-refractivity contribution is 5.77. The largest absolute Gasteiger partial charge is 0.391 e. The van der Waals surface area contributed by atoms with Crippen LogP contribution in [0.3, 0.4) is 0 Å². The summed E-state index contributed by atoms with van der Waals surface area (Å²) in [4.78, 5) is 13.9. The molecule has 1 saturated heterocycles. The maximum Gasteiger partial charge on any atom is 0.234 e. The monoisotopic (exact) mass is 258 g/mol. The number of nitrogens with one attached hydrogen (secondary N) is 1. The summed E-state index contributed by atoms with van der Waals surface area (Å²) >= 11 is 0. The summed E-state index contributed by atoms with van der Waals surface area (Å²) in [5.41, 5.74) is 0. The lowest BCUT2D eigenvalue weighted by Gasteiger charge is -2.29. The molecule has 0 saturated carbocycles. The molecule has 106 valence electrons. The van der Waals surface area contributed by atoms with E-state index in [0.717, 1.165) is 19.0 Å². The lowest BCUT2D eigenvalue weighted by atomic mass is 9.99. The topological polar surface area (TPSA) is 61.8 Å². The Morgan fingerprint density at radius 1 is 1.50 bits per heavy atom. The molecule has 0 spiro atoms. The van der Waals surface area contributed by atoms with Gasteiger partial charge in [0.05, 0.1) is 19.3 Å². The predicted molar refractivity (Wildman–Crippen MR) is 70.3 cm³/mol. The van der Waals surface area contributed by atoms with Crippen molar-refractivity contribution < 1.29 is 14.6 Å². The number of hydrogen-bond acceptors (Lipinski definition) is 4. The Morgan fingerprint density at radius 3 is 2.78 bits per heavy atom. The Balaban J connectivity index is 2.06. The summed E-state index contributed by atoms with van der Waals surface area (Å²) in [6.07, 6.45) is 2.40. The fraction of sp³-hybridized carbons (Fsp3) is 0.923. The van der Waals surface area contributed by atoms with E-state index in [0.29, 0.717) is 26.1 Å². The Kier molecular flexibility index (Phi) is 7.23. The summed E-state index contributed by atoms with van der Waals surface area (Å²) in [5, 5.41) is 12.3. The van der Waals surface area contributed by atoms with E-state index in [2.05, 4.69) is 17.1 Å². The molecule has 1 rings (SSSR count). The van der Waals surface area contributed by atoms with Gasteiger partial charge in [0.2, 0.25) is 5.91 Å². The van der Waals surface area contributed by atoms with Crippen molar-refractivity contribution in [2.75, 3.05) is 39.9 Å². The molecule has 1 amide bonds. The molecule has 0 radical (unpaired) electrons. The second-order valence-corrected chi connectivity index (χ2v) is 5.21. The molecule has 0 aliphatic carbocycles. The molecule has 5 heteroatoms. The molecule has 1 aliphatic rings. The van der Waals surface area contributed by atoms with Crippen LogP contribution in [0.25, 0.3) is 0 Å². The predicted octanol–water partition coefficient (Wildman–Crippen LogP) is 0.232. The van der Waals surface area contributed by atoms with Gasteiger partial charge in [-0.1, -0.05) is 6.92 Å². The number of carbonyl (C=O) groups excluding carboxylic acids is 1. The van der Waals surface area contributed by atoms with Crippen LogP contribution in [-0.2, 0) is 9.53 Å². The van der Waals surface area contributed by atoms with E-state index in [-0.39, 0.29) is 5.91 Å². The van der Waals surface area contributed by atoms with E-state index < -0.39 is 6.10 Å². The van der Waals surface area contributed by atoms with E-state index in [1.807, 2.05) is 0 Å². The van der Waals surface area contributed by atoms with E-state index in [9.17, 15) is 9.90 Å². The maximum atomic E-state index is 11.7. The molecule has 1 atom stereocenters. The third-order valence-corrected chi connectivity index (χ3v) is 3.40. The molecule has 0 bridgehead atoms. The first-order valence-corrected chi connectivity index (χ1v) is 6.78. The van der Waals surface area contributed by atoms with Gasteiger partial charge in [-0.2, -0.15) is 0 Å². The second-order valence-electron chi connectivity index (χ2n) is 5.21. The highest BCUT2D eigenvalue weighted by Crippen LogP contribution is 2.15. The Labute approximate surface area is 109 Å². The van der Waals surface area contributed by atoms with Crippen LogP contribution < -0.4 is 5.32 Å². The smallest absolute Gasteiger partial charge is 0.234 e. The maximum absolute atomic E-state index is 11.7. The van der Waals surface area contributed by atoms with Gasteiger partial charge >= 0.3 is 0 Å². The van der Waals surface area contributed by atoms with Crippen LogP contribution in [0.5, 0.6) is 0 Å². The fourth-order valence-corrected chi connectivity index (χ4v) is 2.13. The number of aliphatic hydroxyl groups excluding tert-OH is 1. The number of aliphatic hydroxyl groups is 1. The minimum absolute atomic E-state index is 0.0502. The van der Waals surface area contributed by atoms with E-state index in [1.165, 1.54) is 12.8 Å². The Bertz CT molecular complexity index is 240. The van der Waals surface area contributed by atoms with Gasteiger partial charge in [-0.3, -0.25) is 9.69 Å². The second kappa shape index (κ2) is 8.45. The highest BCUT2D eigenvalue weighted by atomic mass is 16.5. The van der Waals surface area contributed by atoms with Crippen LogP contribution in [0.2, 0.25) is 0 Å². The van der Waals surface area contributed by atoms with Gasteiger partial charge in [0.1, 0.15) is 0 Å². The minimum Gasteiger partial charge on any atom is -0.391 e. The van der Waals surface area contributed by atoms with Crippen LogP contribution >= 0.6 is 0 Å². The summed E-state index contributed by atoms with van der Waals surface area (Å²) in [5.74, 6) is 0.836. The van der Waals surface area contributed by atoms with Crippen molar-refractivity contribution >= 4 is 5.91 Å². The summed E-state index contributed by atoms with van der Waals surface area (Å²) in [6.45, 7) is 5.59. The van der Waals surface area contributed by atoms with E-state index >= 15 is 0 Å². The van der Waals surface area contributed by atoms with Gasteiger partial charge in [0, 0.05) is 13.7 Å². The number of rotatable bonds is 7. The normalized spacial score (nSPS) is 19.7. The van der Waals surface area contributed by atoms with Gasteiger partial charge in [-0.25, -0.2) is 0 Å². The number of amides is 1. The first-order valence-electron chi connectivity index (χ1n) is 6.78. The van der Waals surface area contributed by atoms with Crippen molar-refractivity contribution in [1.29, 1.82) is 0 Å². The van der Waals surface area contributed by atoms with Gasteiger partial charge in [0.15, 0.2) is 0 Å². The first kappa shape index (κ1) is 15.4. The molecule has 2 N–H and O–H groups in total. The molecule has 0 aromatic carbocycles. The van der Waals surface area contributed by atoms with E-state index in [4.69, 9.17) is 4.74 Å². The Hall–Kier alpha value is -0.650. The molecule has 1 aliphatic heterocycles. The van der Waals surface area contributed by atoms with Crippen LogP contribution in [0.1, 0.15) is 26.2 Å². The molecule has 5 nitrogen and oxygen atoms in total. The van der Waals surface area contributed by atoms with Gasteiger partial charge in [-0.05, 0) is 38.3 Å². The number of piperidine rings is 1. The van der Waals surface area contributed by atoms with Crippen molar-refractivity contribution in [2.24, 2.45) is 5.92 Å².